The van der Waals surface area contributed by atoms with Gasteiger partial charge < -0.3 is 9.84 Å². The molecule has 0 radical (unpaired) electrons. The van der Waals surface area contributed by atoms with Crippen LogP contribution in [0.1, 0.15) is 48.5 Å². The summed E-state index contributed by atoms with van der Waals surface area (Å²) in [4.78, 5) is 10.9. The Balaban J connectivity index is 2.49. The van der Waals surface area contributed by atoms with Crippen LogP contribution in [0.15, 0.2) is 18.2 Å². The van der Waals surface area contributed by atoms with Crippen LogP contribution < -0.4 is 4.74 Å². The lowest BCUT2D eigenvalue weighted by Gasteiger charge is -2.08. The fraction of sp³-hybridized carbons (Fsp3) is 0.500. The number of unbranched alkanes of at least 4 members (excludes halogenated alkanes) is 3. The molecule has 3 heteroatoms. The summed E-state index contributed by atoms with van der Waals surface area (Å²) in [7, 11) is 0. The third kappa shape index (κ3) is 4.47. The summed E-state index contributed by atoms with van der Waals surface area (Å²) in [6.07, 6.45) is 4.60. The third-order valence-corrected chi connectivity index (χ3v) is 2.71. The van der Waals surface area contributed by atoms with Crippen molar-refractivity contribution in [2.75, 3.05) is 6.61 Å². The fourth-order valence-corrected chi connectivity index (χ4v) is 1.64. The number of hydrogen-bond acceptors (Lipinski definition) is 2. The number of carboxylic acid groups (broad SMARTS) is 1. The van der Waals surface area contributed by atoms with Crippen LogP contribution in [0.3, 0.4) is 0 Å². The van der Waals surface area contributed by atoms with Crippen molar-refractivity contribution in [2.24, 2.45) is 0 Å². The van der Waals surface area contributed by atoms with Crippen LogP contribution in [0.25, 0.3) is 0 Å². The van der Waals surface area contributed by atoms with E-state index in [4.69, 9.17) is 9.84 Å². The minimum Gasteiger partial charge on any atom is -0.494 e. The van der Waals surface area contributed by atoms with E-state index in [9.17, 15) is 4.79 Å². The van der Waals surface area contributed by atoms with E-state index in [2.05, 4.69) is 6.92 Å². The largest absolute Gasteiger partial charge is 0.494 e. The van der Waals surface area contributed by atoms with E-state index in [1.807, 2.05) is 6.07 Å². The molecule has 1 aromatic carbocycles. The van der Waals surface area contributed by atoms with Crippen molar-refractivity contribution in [1.29, 1.82) is 0 Å². The lowest BCUT2D eigenvalue weighted by atomic mass is 10.1. The Labute approximate surface area is 102 Å². The van der Waals surface area contributed by atoms with Crippen molar-refractivity contribution in [3.63, 3.8) is 0 Å². The molecule has 0 saturated heterocycles. The van der Waals surface area contributed by atoms with Crippen LogP contribution in [0.5, 0.6) is 5.75 Å². The molecule has 0 heterocycles. The van der Waals surface area contributed by atoms with E-state index in [1.54, 1.807) is 19.1 Å². The average molecular weight is 236 g/mol. The quantitative estimate of drug-likeness (QED) is 0.735. The Morgan fingerprint density at radius 2 is 2.06 bits per heavy atom. The van der Waals surface area contributed by atoms with Crippen LogP contribution in [-0.2, 0) is 0 Å². The fourth-order valence-electron chi connectivity index (χ4n) is 1.64. The first-order chi connectivity index (χ1) is 8.15. The van der Waals surface area contributed by atoms with Crippen molar-refractivity contribution in [1.82, 2.24) is 0 Å². The molecule has 94 valence electrons. The van der Waals surface area contributed by atoms with E-state index in [-0.39, 0.29) is 0 Å². The van der Waals surface area contributed by atoms with Gasteiger partial charge in [0, 0.05) is 0 Å². The number of aryl methyl sites for hydroxylation is 1. The maximum atomic E-state index is 10.9. The van der Waals surface area contributed by atoms with Crippen molar-refractivity contribution < 1.29 is 14.6 Å². The van der Waals surface area contributed by atoms with Crippen molar-refractivity contribution in [3.8, 4) is 5.75 Å². The SMILES string of the molecule is CCCCCCOc1ccc(C)c(C(=O)O)c1. The molecule has 1 rings (SSSR count). The van der Waals surface area contributed by atoms with Gasteiger partial charge in [-0.15, -0.1) is 0 Å². The van der Waals surface area contributed by atoms with Crippen molar-refractivity contribution in [3.05, 3.63) is 29.3 Å². The normalized spacial score (nSPS) is 10.2. The maximum Gasteiger partial charge on any atom is 0.336 e. The standard InChI is InChI=1S/C14H20O3/c1-3-4-5-6-9-17-12-8-7-11(2)13(10-12)14(15)16/h7-8,10H,3-6,9H2,1-2H3,(H,15,16). The molecule has 0 amide bonds. The molecule has 1 aromatic rings. The Hall–Kier alpha value is -1.51. The summed E-state index contributed by atoms with van der Waals surface area (Å²) in [6.45, 7) is 4.61. The molecular weight excluding hydrogens is 216 g/mol. The van der Waals surface area contributed by atoms with Gasteiger partial charge in [0.05, 0.1) is 12.2 Å². The maximum absolute atomic E-state index is 10.9. The summed E-state index contributed by atoms with van der Waals surface area (Å²) in [6, 6.07) is 5.20. The molecule has 0 unspecified atom stereocenters. The first-order valence-corrected chi connectivity index (χ1v) is 6.12. The van der Waals surface area contributed by atoms with Gasteiger partial charge in [0.15, 0.2) is 0 Å². The lowest BCUT2D eigenvalue weighted by molar-refractivity contribution is 0.0695. The highest BCUT2D eigenvalue weighted by molar-refractivity contribution is 5.89. The molecule has 0 spiro atoms. The highest BCUT2D eigenvalue weighted by Crippen LogP contribution is 2.17. The number of carboxylic acids is 1. The Morgan fingerprint density at radius 1 is 1.29 bits per heavy atom. The number of hydrogen-bond donors (Lipinski definition) is 1. The molecule has 0 atom stereocenters. The predicted molar refractivity (Wildman–Crippen MR) is 67.8 cm³/mol. The predicted octanol–water partition coefficient (Wildman–Crippen LogP) is 3.65. The molecule has 0 aliphatic heterocycles. The first-order valence-electron chi connectivity index (χ1n) is 6.12. The Bertz CT molecular complexity index is 372. The van der Waals surface area contributed by atoms with Gasteiger partial charge in [0.2, 0.25) is 0 Å². The van der Waals surface area contributed by atoms with E-state index in [1.165, 1.54) is 12.8 Å². The molecule has 17 heavy (non-hydrogen) atoms. The topological polar surface area (TPSA) is 46.5 Å². The van der Waals surface area contributed by atoms with Gasteiger partial charge in [-0.3, -0.25) is 0 Å². The van der Waals surface area contributed by atoms with Crippen LogP contribution in [-0.4, -0.2) is 17.7 Å². The number of aromatic carboxylic acids is 1. The van der Waals surface area contributed by atoms with Gasteiger partial charge in [0.1, 0.15) is 5.75 Å². The second-order valence-corrected chi connectivity index (χ2v) is 4.19. The number of carbonyl (C=O) groups is 1. The first kappa shape index (κ1) is 13.6. The van der Waals surface area contributed by atoms with Crippen LogP contribution in [0.4, 0.5) is 0 Å². The van der Waals surface area contributed by atoms with E-state index in [0.29, 0.717) is 17.9 Å². The summed E-state index contributed by atoms with van der Waals surface area (Å²) >= 11 is 0. The lowest BCUT2D eigenvalue weighted by Crippen LogP contribution is -2.02. The van der Waals surface area contributed by atoms with Crippen LogP contribution in [0, 0.1) is 6.92 Å². The second kappa shape index (κ2) is 6.94. The highest BCUT2D eigenvalue weighted by Gasteiger charge is 2.08. The van der Waals surface area contributed by atoms with E-state index >= 15 is 0 Å². The smallest absolute Gasteiger partial charge is 0.336 e. The van der Waals surface area contributed by atoms with Gasteiger partial charge in [0.25, 0.3) is 0 Å². The Morgan fingerprint density at radius 3 is 2.71 bits per heavy atom. The zero-order valence-electron chi connectivity index (χ0n) is 10.5. The number of benzene rings is 1. The number of ether oxygens (including phenoxy) is 1. The third-order valence-electron chi connectivity index (χ3n) is 2.71. The highest BCUT2D eigenvalue weighted by atomic mass is 16.5. The van der Waals surface area contributed by atoms with Gasteiger partial charge in [-0.25, -0.2) is 4.79 Å². The zero-order chi connectivity index (χ0) is 12.7. The van der Waals surface area contributed by atoms with E-state index in [0.717, 1.165) is 18.4 Å². The molecule has 0 saturated carbocycles. The summed E-state index contributed by atoms with van der Waals surface area (Å²) in [5.41, 5.74) is 1.08. The van der Waals surface area contributed by atoms with Gasteiger partial charge in [-0.2, -0.15) is 0 Å². The monoisotopic (exact) mass is 236 g/mol. The van der Waals surface area contributed by atoms with Crippen LogP contribution in [0.2, 0.25) is 0 Å². The average Bonchev–Trinajstić information content (AvgIpc) is 2.30. The van der Waals surface area contributed by atoms with Gasteiger partial charge >= 0.3 is 5.97 Å². The summed E-state index contributed by atoms with van der Waals surface area (Å²) < 4.78 is 5.54. The second-order valence-electron chi connectivity index (χ2n) is 4.19. The van der Waals surface area contributed by atoms with Gasteiger partial charge in [-0.05, 0) is 31.0 Å². The molecule has 0 fully saturated rings. The summed E-state index contributed by atoms with van der Waals surface area (Å²) in [5.74, 6) is -0.261. The van der Waals surface area contributed by atoms with Crippen molar-refractivity contribution >= 4 is 5.97 Å². The molecule has 0 aliphatic carbocycles. The molecule has 1 N–H and O–H groups in total. The molecule has 0 aliphatic rings. The number of rotatable bonds is 7. The van der Waals surface area contributed by atoms with Crippen molar-refractivity contribution in [2.45, 2.75) is 39.5 Å². The minimum atomic E-state index is -0.904. The zero-order valence-corrected chi connectivity index (χ0v) is 10.5. The minimum absolute atomic E-state index is 0.316. The molecule has 3 nitrogen and oxygen atoms in total. The Kier molecular flexibility index (Phi) is 5.53. The van der Waals surface area contributed by atoms with E-state index < -0.39 is 5.97 Å². The van der Waals surface area contributed by atoms with Gasteiger partial charge in [-0.1, -0.05) is 32.3 Å². The van der Waals surface area contributed by atoms with Crippen LogP contribution >= 0.6 is 0 Å². The molecule has 0 bridgehead atoms. The molecular formula is C14H20O3. The summed E-state index contributed by atoms with van der Waals surface area (Å²) in [5, 5.41) is 8.98. The molecule has 0 aromatic heterocycles.